The van der Waals surface area contributed by atoms with Gasteiger partial charge in [0.25, 0.3) is 0 Å². The van der Waals surface area contributed by atoms with E-state index in [2.05, 4.69) is 41.4 Å². The zero-order chi connectivity index (χ0) is 19.1. The number of rotatable bonds is 7. The fourth-order valence-corrected chi connectivity index (χ4v) is 3.45. The molecule has 3 rings (SSSR count). The molecular weight excluding hydrogens is 336 g/mol. The predicted octanol–water partition coefficient (Wildman–Crippen LogP) is 3.79. The van der Waals surface area contributed by atoms with Crippen molar-refractivity contribution in [3.63, 3.8) is 0 Å². The molecule has 0 unspecified atom stereocenters. The average Bonchev–Trinajstić information content (AvgIpc) is 2.69. The Labute approximate surface area is 162 Å². The lowest BCUT2D eigenvalue weighted by atomic mass is 9.95. The van der Waals surface area contributed by atoms with Crippen molar-refractivity contribution in [2.45, 2.75) is 39.3 Å². The highest BCUT2D eigenvalue weighted by Crippen LogP contribution is 2.19. The van der Waals surface area contributed by atoms with Crippen LogP contribution in [0.1, 0.15) is 30.9 Å². The van der Waals surface area contributed by atoms with Gasteiger partial charge in [0.2, 0.25) is 5.91 Å². The van der Waals surface area contributed by atoms with Crippen molar-refractivity contribution in [1.29, 1.82) is 0 Å². The molecule has 0 aliphatic carbocycles. The van der Waals surface area contributed by atoms with Crippen LogP contribution in [-0.4, -0.2) is 36.5 Å². The second-order valence-electron chi connectivity index (χ2n) is 7.57. The molecule has 1 heterocycles. The average molecular weight is 367 g/mol. The van der Waals surface area contributed by atoms with Gasteiger partial charge in [-0.25, -0.2) is 0 Å². The summed E-state index contributed by atoms with van der Waals surface area (Å²) in [5, 5.41) is 3.11. The zero-order valence-corrected chi connectivity index (χ0v) is 16.4. The molecule has 1 aliphatic rings. The lowest BCUT2D eigenvalue weighted by Crippen LogP contribution is -2.44. The summed E-state index contributed by atoms with van der Waals surface area (Å²) in [5.74, 6) is 1.11. The molecular formula is C23H30N2O2. The quantitative estimate of drug-likeness (QED) is 0.811. The van der Waals surface area contributed by atoms with Crippen LogP contribution < -0.4 is 10.1 Å². The number of benzene rings is 2. The van der Waals surface area contributed by atoms with E-state index in [1.165, 1.54) is 11.1 Å². The van der Waals surface area contributed by atoms with Gasteiger partial charge >= 0.3 is 0 Å². The lowest BCUT2D eigenvalue weighted by Gasteiger charge is -2.31. The highest BCUT2D eigenvalue weighted by Gasteiger charge is 2.25. The van der Waals surface area contributed by atoms with E-state index in [1.54, 1.807) is 0 Å². The second kappa shape index (κ2) is 9.56. The van der Waals surface area contributed by atoms with Crippen LogP contribution >= 0.6 is 0 Å². The first-order valence-electron chi connectivity index (χ1n) is 9.86. The van der Waals surface area contributed by atoms with Crippen LogP contribution in [0.15, 0.2) is 54.6 Å². The van der Waals surface area contributed by atoms with E-state index in [1.807, 2.05) is 37.3 Å². The third kappa shape index (κ3) is 6.10. The number of piperidine rings is 1. The van der Waals surface area contributed by atoms with Gasteiger partial charge in [-0.05, 0) is 57.5 Å². The fourth-order valence-electron chi connectivity index (χ4n) is 3.45. The highest BCUT2D eigenvalue weighted by atomic mass is 16.5. The second-order valence-corrected chi connectivity index (χ2v) is 7.57. The molecule has 27 heavy (non-hydrogen) atoms. The predicted molar refractivity (Wildman–Crippen MR) is 109 cm³/mol. The number of nitrogens with one attached hydrogen (secondary N) is 1. The smallest absolute Gasteiger partial charge is 0.223 e. The molecule has 1 N–H and O–H groups in total. The number of aryl methyl sites for hydroxylation is 1. The Bertz CT molecular complexity index is 707. The standard InChI is InChI=1S/C23H30N2O2/c1-18-8-10-22(11-9-18)27-17-19(2)24-23(26)21-12-14-25(15-13-21)16-20-6-4-3-5-7-20/h3-11,19,21H,12-17H2,1-2H3,(H,24,26)/t19-/m0/s1. The van der Waals surface area contributed by atoms with Gasteiger partial charge in [-0.3, -0.25) is 9.69 Å². The van der Waals surface area contributed by atoms with Crippen molar-refractivity contribution in [2.24, 2.45) is 5.92 Å². The van der Waals surface area contributed by atoms with E-state index in [4.69, 9.17) is 4.74 Å². The summed E-state index contributed by atoms with van der Waals surface area (Å²) in [6, 6.07) is 18.5. The van der Waals surface area contributed by atoms with E-state index >= 15 is 0 Å². The number of ether oxygens (including phenoxy) is 1. The van der Waals surface area contributed by atoms with Crippen LogP contribution in [0.4, 0.5) is 0 Å². The van der Waals surface area contributed by atoms with Crippen LogP contribution in [0.3, 0.4) is 0 Å². The Hall–Kier alpha value is -2.33. The van der Waals surface area contributed by atoms with Crippen molar-refractivity contribution in [3.05, 3.63) is 65.7 Å². The third-order valence-electron chi connectivity index (χ3n) is 5.12. The molecule has 2 aromatic rings. The van der Waals surface area contributed by atoms with E-state index in [9.17, 15) is 4.79 Å². The first kappa shape index (κ1) is 19.4. The number of hydrogen-bond acceptors (Lipinski definition) is 3. The SMILES string of the molecule is Cc1ccc(OC[C@H](C)NC(=O)C2CCN(Cc3ccccc3)CC2)cc1. The summed E-state index contributed by atoms with van der Waals surface area (Å²) >= 11 is 0. The van der Waals surface area contributed by atoms with E-state index in [0.29, 0.717) is 6.61 Å². The Morgan fingerprint density at radius 3 is 2.44 bits per heavy atom. The van der Waals surface area contributed by atoms with Crippen molar-refractivity contribution in [3.8, 4) is 5.75 Å². The molecule has 144 valence electrons. The minimum Gasteiger partial charge on any atom is -0.491 e. The molecule has 0 spiro atoms. The number of likely N-dealkylation sites (tertiary alicyclic amines) is 1. The minimum atomic E-state index is 0.00107. The maximum atomic E-state index is 12.5. The first-order valence-corrected chi connectivity index (χ1v) is 9.86. The minimum absolute atomic E-state index is 0.00107. The molecule has 1 aliphatic heterocycles. The van der Waals surface area contributed by atoms with Crippen LogP contribution in [0.2, 0.25) is 0 Å². The first-order chi connectivity index (χ1) is 13.1. The molecule has 1 saturated heterocycles. The van der Waals surface area contributed by atoms with Crippen molar-refractivity contribution < 1.29 is 9.53 Å². The fraction of sp³-hybridized carbons (Fsp3) is 0.435. The topological polar surface area (TPSA) is 41.6 Å². The number of carbonyl (C=O) groups is 1. The molecule has 0 bridgehead atoms. The van der Waals surface area contributed by atoms with Gasteiger partial charge in [0.15, 0.2) is 0 Å². The molecule has 1 fully saturated rings. The Morgan fingerprint density at radius 1 is 1.11 bits per heavy atom. The van der Waals surface area contributed by atoms with Gasteiger partial charge < -0.3 is 10.1 Å². The van der Waals surface area contributed by atoms with Gasteiger partial charge in [-0.2, -0.15) is 0 Å². The van der Waals surface area contributed by atoms with Crippen molar-refractivity contribution in [2.75, 3.05) is 19.7 Å². The maximum Gasteiger partial charge on any atom is 0.223 e. The zero-order valence-electron chi connectivity index (χ0n) is 16.4. The van der Waals surface area contributed by atoms with E-state index in [-0.39, 0.29) is 17.9 Å². The van der Waals surface area contributed by atoms with Crippen LogP contribution in [0.25, 0.3) is 0 Å². The molecule has 0 aromatic heterocycles. The summed E-state index contributed by atoms with van der Waals surface area (Å²) in [4.78, 5) is 15.0. The van der Waals surface area contributed by atoms with Crippen molar-refractivity contribution >= 4 is 5.91 Å². The van der Waals surface area contributed by atoms with Gasteiger partial charge in [0, 0.05) is 12.5 Å². The molecule has 4 heteroatoms. The van der Waals surface area contributed by atoms with E-state index < -0.39 is 0 Å². The Balaban J connectivity index is 1.37. The normalized spacial score (nSPS) is 16.7. The summed E-state index contributed by atoms with van der Waals surface area (Å²) in [7, 11) is 0. The van der Waals surface area contributed by atoms with Gasteiger partial charge in [0.05, 0.1) is 6.04 Å². The summed E-state index contributed by atoms with van der Waals surface area (Å²) in [6.45, 7) is 7.45. The lowest BCUT2D eigenvalue weighted by molar-refractivity contribution is -0.127. The molecule has 0 radical (unpaired) electrons. The number of carbonyl (C=O) groups excluding carboxylic acids is 1. The number of nitrogens with zero attached hydrogens (tertiary/aromatic N) is 1. The summed E-state index contributed by atoms with van der Waals surface area (Å²) in [5.41, 5.74) is 2.55. The summed E-state index contributed by atoms with van der Waals surface area (Å²) < 4.78 is 5.77. The number of hydrogen-bond donors (Lipinski definition) is 1. The molecule has 4 nitrogen and oxygen atoms in total. The molecule has 1 atom stereocenters. The Kier molecular flexibility index (Phi) is 6.88. The monoisotopic (exact) mass is 366 g/mol. The summed E-state index contributed by atoms with van der Waals surface area (Å²) in [6.07, 6.45) is 1.84. The molecule has 0 saturated carbocycles. The van der Waals surface area contributed by atoms with Gasteiger partial charge in [0.1, 0.15) is 12.4 Å². The molecule has 1 amide bonds. The maximum absolute atomic E-state index is 12.5. The number of amides is 1. The van der Waals surface area contributed by atoms with Gasteiger partial charge in [-0.1, -0.05) is 48.0 Å². The highest BCUT2D eigenvalue weighted by molar-refractivity contribution is 5.79. The van der Waals surface area contributed by atoms with Crippen LogP contribution in [0, 0.1) is 12.8 Å². The van der Waals surface area contributed by atoms with E-state index in [0.717, 1.165) is 38.2 Å². The third-order valence-corrected chi connectivity index (χ3v) is 5.12. The van der Waals surface area contributed by atoms with Crippen molar-refractivity contribution in [1.82, 2.24) is 10.2 Å². The van der Waals surface area contributed by atoms with Crippen LogP contribution in [-0.2, 0) is 11.3 Å². The van der Waals surface area contributed by atoms with Crippen LogP contribution in [0.5, 0.6) is 5.75 Å². The largest absolute Gasteiger partial charge is 0.491 e. The molecule has 2 aromatic carbocycles. The Morgan fingerprint density at radius 2 is 1.78 bits per heavy atom. The van der Waals surface area contributed by atoms with Gasteiger partial charge in [-0.15, -0.1) is 0 Å².